The molecule has 2 aromatic rings. The van der Waals surface area contributed by atoms with Crippen LogP contribution in [0.1, 0.15) is 22.0 Å². The van der Waals surface area contributed by atoms with E-state index in [2.05, 4.69) is 0 Å². The number of nitrogens with zero attached hydrogens (tertiary/aromatic N) is 2. The van der Waals surface area contributed by atoms with Crippen LogP contribution in [0.25, 0.3) is 0 Å². The van der Waals surface area contributed by atoms with E-state index in [9.17, 15) is 27.9 Å². The predicted molar refractivity (Wildman–Crippen MR) is 102 cm³/mol. The summed E-state index contributed by atoms with van der Waals surface area (Å²) in [4.78, 5) is 27.2. The van der Waals surface area contributed by atoms with Gasteiger partial charge in [-0.25, -0.2) is 4.79 Å². The van der Waals surface area contributed by atoms with Gasteiger partial charge in [0.2, 0.25) is 0 Å². The molecular formula is C21H21F3N2O4. The Morgan fingerprint density at radius 3 is 2.13 bits per heavy atom. The van der Waals surface area contributed by atoms with E-state index >= 15 is 0 Å². The number of methoxy groups -OCH3 is 1. The molecule has 1 heterocycles. The average molecular weight is 422 g/mol. The van der Waals surface area contributed by atoms with Crippen LogP contribution in [0.15, 0.2) is 54.6 Å². The molecule has 160 valence electrons. The van der Waals surface area contributed by atoms with Crippen molar-refractivity contribution in [1.82, 2.24) is 9.80 Å². The molecule has 0 radical (unpaired) electrons. The molecule has 0 bridgehead atoms. The molecule has 0 unspecified atom stereocenters. The summed E-state index contributed by atoms with van der Waals surface area (Å²) in [7, 11) is 3.57. The molecule has 9 heteroatoms. The van der Waals surface area contributed by atoms with Gasteiger partial charge in [0.15, 0.2) is 5.78 Å². The van der Waals surface area contributed by atoms with E-state index in [0.717, 1.165) is 11.9 Å². The zero-order chi connectivity index (χ0) is 22.3. The van der Waals surface area contributed by atoms with Crippen molar-refractivity contribution in [2.75, 3.05) is 21.2 Å². The van der Waals surface area contributed by atoms with E-state index < -0.39 is 35.7 Å². The van der Waals surface area contributed by atoms with Crippen LogP contribution >= 0.6 is 0 Å². The largest absolute Gasteiger partial charge is 0.497 e. The SMILES string of the molecule is COc1ccc([C@@H]2[C@@H](C(=O)c3ccccc3)[C@@](O)(C(F)(F)F)N(C)C(=O)N2C)cc1. The van der Waals surface area contributed by atoms with Gasteiger partial charge in [0.25, 0.3) is 5.72 Å². The Morgan fingerprint density at radius 1 is 1.07 bits per heavy atom. The maximum absolute atomic E-state index is 14.2. The second-order valence-electron chi connectivity index (χ2n) is 7.10. The lowest BCUT2D eigenvalue weighted by molar-refractivity contribution is -0.328. The third-order valence-corrected chi connectivity index (χ3v) is 5.48. The van der Waals surface area contributed by atoms with Gasteiger partial charge in [-0.15, -0.1) is 0 Å². The Bertz CT molecular complexity index is 934. The number of carbonyl (C=O) groups is 2. The Morgan fingerprint density at radius 2 is 1.63 bits per heavy atom. The zero-order valence-electron chi connectivity index (χ0n) is 16.6. The molecule has 3 rings (SSSR count). The van der Waals surface area contributed by atoms with Crippen molar-refractivity contribution in [3.63, 3.8) is 0 Å². The predicted octanol–water partition coefficient (Wildman–Crippen LogP) is 3.48. The van der Waals surface area contributed by atoms with Crippen LogP contribution in [0.4, 0.5) is 18.0 Å². The van der Waals surface area contributed by atoms with Crippen LogP contribution in [0.2, 0.25) is 0 Å². The van der Waals surface area contributed by atoms with Gasteiger partial charge < -0.3 is 14.7 Å². The second kappa shape index (κ2) is 7.64. The number of urea groups is 1. The molecule has 1 saturated heterocycles. The standard InChI is InChI=1S/C21H21F3N2O4/c1-25-17(13-9-11-15(30-3)12-10-13)16(18(27)14-7-5-4-6-8-14)20(29,21(22,23)24)26(2)19(25)28/h4-12,16-17,29H,1-3H3/t16-,17+,20+/m0/s1. The van der Waals surface area contributed by atoms with Crippen molar-refractivity contribution < 1.29 is 32.6 Å². The lowest BCUT2D eigenvalue weighted by Crippen LogP contribution is -2.73. The van der Waals surface area contributed by atoms with E-state index in [1.807, 2.05) is 0 Å². The highest BCUT2D eigenvalue weighted by Gasteiger charge is 2.70. The molecule has 2 aromatic carbocycles. The summed E-state index contributed by atoms with van der Waals surface area (Å²) >= 11 is 0. The summed E-state index contributed by atoms with van der Waals surface area (Å²) < 4.78 is 47.6. The van der Waals surface area contributed by atoms with Crippen LogP contribution in [-0.4, -0.2) is 59.8 Å². The number of carbonyl (C=O) groups excluding carboxylic acids is 2. The van der Waals surface area contributed by atoms with Gasteiger partial charge in [-0.05, 0) is 17.7 Å². The highest BCUT2D eigenvalue weighted by atomic mass is 19.4. The average Bonchev–Trinajstić information content (AvgIpc) is 2.74. The summed E-state index contributed by atoms with van der Waals surface area (Å²) in [5.74, 6) is -2.50. The van der Waals surface area contributed by atoms with Gasteiger partial charge in [0, 0.05) is 19.7 Å². The third kappa shape index (κ3) is 3.28. The number of benzene rings is 2. The maximum atomic E-state index is 14.2. The van der Waals surface area contributed by atoms with Crippen molar-refractivity contribution in [2.24, 2.45) is 5.92 Å². The van der Waals surface area contributed by atoms with Crippen LogP contribution in [0, 0.1) is 5.92 Å². The number of hydrogen-bond donors (Lipinski definition) is 1. The molecule has 0 aliphatic carbocycles. The molecule has 1 N–H and O–H groups in total. The number of Topliss-reactive ketones (excluding diaryl/α,β-unsaturated/α-hetero) is 1. The number of amides is 2. The summed E-state index contributed by atoms with van der Waals surface area (Å²) in [6.45, 7) is 0. The molecule has 1 fully saturated rings. The first kappa shape index (κ1) is 21.6. The van der Waals surface area contributed by atoms with E-state index in [4.69, 9.17) is 4.74 Å². The minimum absolute atomic E-state index is 0.000152. The van der Waals surface area contributed by atoms with Crippen LogP contribution in [0.3, 0.4) is 0 Å². The molecule has 1 aliphatic heterocycles. The van der Waals surface area contributed by atoms with Crippen LogP contribution in [-0.2, 0) is 0 Å². The van der Waals surface area contributed by atoms with Crippen LogP contribution < -0.4 is 4.74 Å². The Kier molecular flexibility index (Phi) is 5.51. The Balaban J connectivity index is 2.24. The van der Waals surface area contributed by atoms with Gasteiger partial charge in [0.1, 0.15) is 11.7 Å². The molecule has 1 aliphatic rings. The highest BCUT2D eigenvalue weighted by Crippen LogP contribution is 2.50. The normalized spacial score (nSPS) is 24.7. The van der Waals surface area contributed by atoms with Crippen molar-refractivity contribution >= 4 is 11.8 Å². The molecule has 0 saturated carbocycles. The second-order valence-corrected chi connectivity index (χ2v) is 7.10. The number of hydrogen-bond acceptors (Lipinski definition) is 4. The first-order chi connectivity index (χ1) is 14.0. The monoisotopic (exact) mass is 422 g/mol. The number of ether oxygens (including phenoxy) is 1. The maximum Gasteiger partial charge on any atom is 0.437 e. The molecule has 0 aromatic heterocycles. The fourth-order valence-electron chi connectivity index (χ4n) is 3.85. The third-order valence-electron chi connectivity index (χ3n) is 5.48. The highest BCUT2D eigenvalue weighted by molar-refractivity contribution is 6.00. The van der Waals surface area contributed by atoms with Crippen molar-refractivity contribution in [2.45, 2.75) is 17.9 Å². The molecule has 3 atom stereocenters. The summed E-state index contributed by atoms with van der Waals surface area (Å²) in [5, 5.41) is 10.9. The first-order valence-corrected chi connectivity index (χ1v) is 9.07. The molecule has 0 spiro atoms. The lowest BCUT2D eigenvalue weighted by atomic mass is 9.75. The van der Waals surface area contributed by atoms with Crippen molar-refractivity contribution in [1.29, 1.82) is 0 Å². The molecule has 30 heavy (non-hydrogen) atoms. The van der Waals surface area contributed by atoms with Gasteiger partial charge in [0.05, 0.1) is 13.2 Å². The van der Waals surface area contributed by atoms with Gasteiger partial charge in [-0.2, -0.15) is 13.2 Å². The smallest absolute Gasteiger partial charge is 0.437 e. The number of alkyl halides is 3. The number of halogens is 3. The number of ketones is 1. The number of rotatable bonds is 4. The summed E-state index contributed by atoms with van der Waals surface area (Å²) in [6, 6.07) is 11.0. The van der Waals surface area contributed by atoms with E-state index in [1.54, 1.807) is 6.07 Å². The van der Waals surface area contributed by atoms with Crippen LogP contribution in [0.5, 0.6) is 5.75 Å². The summed E-state index contributed by atoms with van der Waals surface area (Å²) in [6.07, 6.45) is -5.28. The van der Waals surface area contributed by atoms with E-state index in [-0.39, 0.29) is 16.0 Å². The quantitative estimate of drug-likeness (QED) is 0.766. The Hall–Kier alpha value is -3.07. The van der Waals surface area contributed by atoms with Gasteiger partial charge in [-0.3, -0.25) is 9.69 Å². The fraction of sp³-hybridized carbons (Fsp3) is 0.333. The minimum Gasteiger partial charge on any atom is -0.497 e. The molecular weight excluding hydrogens is 401 g/mol. The van der Waals surface area contributed by atoms with Crippen molar-refractivity contribution in [3.8, 4) is 5.75 Å². The first-order valence-electron chi connectivity index (χ1n) is 9.07. The van der Waals surface area contributed by atoms with Gasteiger partial charge >= 0.3 is 12.2 Å². The zero-order valence-corrected chi connectivity index (χ0v) is 16.6. The Labute approximate surface area is 171 Å². The molecule has 2 amide bonds. The minimum atomic E-state index is -5.28. The lowest BCUT2D eigenvalue weighted by Gasteiger charge is -2.53. The molecule has 6 nitrogen and oxygen atoms in total. The summed E-state index contributed by atoms with van der Waals surface area (Å²) in [5.41, 5.74) is -3.44. The number of aliphatic hydroxyl groups is 1. The van der Waals surface area contributed by atoms with Crippen molar-refractivity contribution in [3.05, 3.63) is 65.7 Å². The topological polar surface area (TPSA) is 70.1 Å². The van der Waals surface area contributed by atoms with Gasteiger partial charge in [-0.1, -0.05) is 42.5 Å². The van der Waals surface area contributed by atoms with E-state index in [0.29, 0.717) is 5.75 Å². The fourth-order valence-corrected chi connectivity index (χ4v) is 3.85. The van der Waals surface area contributed by atoms with E-state index in [1.165, 1.54) is 62.7 Å².